The average molecular weight is 430 g/mol. The SMILES string of the molecule is CSc1ccc(C2c3cccn3-c3ccccc3CN2C(=O)NCc2ccco2)cc1. The smallest absolute Gasteiger partial charge is 0.318 e. The van der Waals surface area contributed by atoms with Crippen LogP contribution in [0.2, 0.25) is 0 Å². The van der Waals surface area contributed by atoms with E-state index in [1.54, 1.807) is 18.0 Å². The lowest BCUT2D eigenvalue weighted by atomic mass is 10.0. The highest BCUT2D eigenvalue weighted by Gasteiger charge is 2.32. The Morgan fingerprint density at radius 3 is 2.68 bits per heavy atom. The van der Waals surface area contributed by atoms with Gasteiger partial charge in [-0.15, -0.1) is 11.8 Å². The van der Waals surface area contributed by atoms with Crippen molar-refractivity contribution in [3.8, 4) is 5.69 Å². The number of nitrogens with zero attached hydrogens (tertiary/aromatic N) is 2. The third-order valence-corrected chi connectivity index (χ3v) is 6.39. The molecule has 0 aliphatic carbocycles. The van der Waals surface area contributed by atoms with E-state index in [0.717, 1.165) is 28.3 Å². The van der Waals surface area contributed by atoms with Crippen molar-refractivity contribution in [1.29, 1.82) is 0 Å². The Balaban J connectivity index is 1.57. The molecule has 156 valence electrons. The Morgan fingerprint density at radius 1 is 1.06 bits per heavy atom. The minimum Gasteiger partial charge on any atom is -0.467 e. The van der Waals surface area contributed by atoms with Crippen LogP contribution in [0.15, 0.2) is 94.6 Å². The Labute approximate surface area is 185 Å². The van der Waals surface area contributed by atoms with Crippen molar-refractivity contribution in [3.05, 3.63) is 108 Å². The first-order valence-corrected chi connectivity index (χ1v) is 11.4. The van der Waals surface area contributed by atoms with Gasteiger partial charge in [-0.05, 0) is 59.8 Å². The maximum Gasteiger partial charge on any atom is 0.318 e. The number of para-hydroxylation sites is 1. The number of amides is 2. The van der Waals surface area contributed by atoms with Gasteiger partial charge in [-0.25, -0.2) is 4.79 Å². The molecule has 1 N–H and O–H groups in total. The summed E-state index contributed by atoms with van der Waals surface area (Å²) >= 11 is 1.71. The van der Waals surface area contributed by atoms with Gasteiger partial charge in [0.1, 0.15) is 5.76 Å². The van der Waals surface area contributed by atoms with E-state index in [1.807, 2.05) is 35.2 Å². The Hall–Kier alpha value is -3.38. The van der Waals surface area contributed by atoms with Gasteiger partial charge in [0, 0.05) is 16.8 Å². The fraction of sp³-hybridized carbons (Fsp3) is 0.160. The molecule has 1 unspecified atom stereocenters. The molecule has 0 fully saturated rings. The normalized spacial score (nSPS) is 15.1. The zero-order valence-corrected chi connectivity index (χ0v) is 18.0. The zero-order chi connectivity index (χ0) is 21.2. The molecule has 2 amide bonds. The Kier molecular flexibility index (Phi) is 5.30. The molecule has 0 saturated heterocycles. The molecule has 0 saturated carbocycles. The highest BCUT2D eigenvalue weighted by molar-refractivity contribution is 7.98. The molecule has 5 rings (SSSR count). The van der Waals surface area contributed by atoms with Crippen molar-refractivity contribution in [1.82, 2.24) is 14.8 Å². The molecule has 1 aliphatic rings. The third kappa shape index (κ3) is 3.75. The number of carbonyl (C=O) groups excluding carboxylic acids is 1. The van der Waals surface area contributed by atoms with Crippen LogP contribution < -0.4 is 5.32 Å². The Morgan fingerprint density at radius 2 is 1.90 bits per heavy atom. The summed E-state index contributed by atoms with van der Waals surface area (Å²) in [4.78, 5) is 16.6. The molecular formula is C25H23N3O2S. The molecule has 0 radical (unpaired) electrons. The first-order chi connectivity index (χ1) is 15.2. The fourth-order valence-electron chi connectivity index (χ4n) is 4.15. The van der Waals surface area contributed by atoms with Crippen LogP contribution in [0.3, 0.4) is 0 Å². The zero-order valence-electron chi connectivity index (χ0n) is 17.2. The molecule has 0 spiro atoms. The molecule has 0 bridgehead atoms. The fourth-order valence-corrected chi connectivity index (χ4v) is 4.56. The average Bonchev–Trinajstić information content (AvgIpc) is 3.48. The predicted octanol–water partition coefficient (Wildman–Crippen LogP) is 5.61. The van der Waals surface area contributed by atoms with Crippen LogP contribution in [0, 0.1) is 0 Å². The van der Waals surface area contributed by atoms with E-state index in [-0.39, 0.29) is 12.1 Å². The first-order valence-electron chi connectivity index (χ1n) is 10.2. The van der Waals surface area contributed by atoms with Crippen LogP contribution in [-0.2, 0) is 13.1 Å². The van der Waals surface area contributed by atoms with Crippen LogP contribution in [0.5, 0.6) is 0 Å². The first kappa shape index (κ1) is 19.6. The summed E-state index contributed by atoms with van der Waals surface area (Å²) in [6, 6.07) is 24.2. The standard InChI is InChI=1S/C25H23N3O2S/c1-31-21-12-10-18(11-13-21)24-23-9-4-14-27(23)22-8-3-2-6-19(22)17-28(24)25(29)26-16-20-7-5-15-30-20/h2-15,24H,16-17H2,1H3,(H,26,29). The van der Waals surface area contributed by atoms with Gasteiger partial charge >= 0.3 is 6.03 Å². The number of urea groups is 1. The lowest BCUT2D eigenvalue weighted by Crippen LogP contribution is -2.41. The molecule has 1 atom stereocenters. The number of benzene rings is 2. The van der Waals surface area contributed by atoms with Gasteiger partial charge in [-0.3, -0.25) is 0 Å². The number of hydrogen-bond acceptors (Lipinski definition) is 3. The van der Waals surface area contributed by atoms with Crippen LogP contribution in [0.25, 0.3) is 5.69 Å². The highest BCUT2D eigenvalue weighted by atomic mass is 32.2. The lowest BCUT2D eigenvalue weighted by Gasteiger charge is -2.31. The maximum atomic E-state index is 13.5. The van der Waals surface area contributed by atoms with Crippen molar-refractivity contribution in [2.45, 2.75) is 24.0 Å². The van der Waals surface area contributed by atoms with Crippen molar-refractivity contribution in [3.63, 3.8) is 0 Å². The molecule has 2 aromatic carbocycles. The highest BCUT2D eigenvalue weighted by Crippen LogP contribution is 2.37. The number of rotatable bonds is 4. The van der Waals surface area contributed by atoms with Crippen molar-refractivity contribution in [2.75, 3.05) is 6.26 Å². The van der Waals surface area contributed by atoms with Gasteiger partial charge in [0.05, 0.1) is 31.1 Å². The maximum absolute atomic E-state index is 13.5. The summed E-state index contributed by atoms with van der Waals surface area (Å²) in [6.45, 7) is 0.861. The van der Waals surface area contributed by atoms with Gasteiger partial charge in [0.2, 0.25) is 0 Å². The van der Waals surface area contributed by atoms with E-state index in [4.69, 9.17) is 4.42 Å². The number of thioether (sulfide) groups is 1. The summed E-state index contributed by atoms with van der Waals surface area (Å²) in [5, 5.41) is 3.04. The number of hydrogen-bond donors (Lipinski definition) is 1. The Bertz CT molecular complexity index is 1180. The van der Waals surface area contributed by atoms with Crippen LogP contribution in [0.4, 0.5) is 4.79 Å². The minimum absolute atomic E-state index is 0.125. The van der Waals surface area contributed by atoms with E-state index in [9.17, 15) is 4.79 Å². The molecular weight excluding hydrogens is 406 g/mol. The van der Waals surface area contributed by atoms with Crippen LogP contribution in [0.1, 0.15) is 28.6 Å². The quantitative estimate of drug-likeness (QED) is 0.429. The van der Waals surface area contributed by atoms with Crippen molar-refractivity contribution >= 4 is 17.8 Å². The van der Waals surface area contributed by atoms with Gasteiger partial charge in [0.25, 0.3) is 0 Å². The number of furan rings is 1. The molecule has 3 heterocycles. The van der Waals surface area contributed by atoms with Crippen LogP contribution in [-0.4, -0.2) is 21.8 Å². The largest absolute Gasteiger partial charge is 0.467 e. The predicted molar refractivity (Wildman–Crippen MR) is 122 cm³/mol. The second-order valence-corrected chi connectivity index (χ2v) is 8.35. The summed E-state index contributed by atoms with van der Waals surface area (Å²) < 4.78 is 7.59. The van der Waals surface area contributed by atoms with Gasteiger partial charge in [-0.2, -0.15) is 0 Å². The number of nitrogens with one attached hydrogen (secondary N) is 1. The second kappa shape index (κ2) is 8.40. The third-order valence-electron chi connectivity index (χ3n) is 5.65. The van der Waals surface area contributed by atoms with Crippen molar-refractivity contribution in [2.24, 2.45) is 0 Å². The van der Waals surface area contributed by atoms with E-state index in [1.165, 1.54) is 4.90 Å². The molecule has 6 heteroatoms. The van der Waals surface area contributed by atoms with E-state index in [0.29, 0.717) is 13.1 Å². The molecule has 31 heavy (non-hydrogen) atoms. The second-order valence-electron chi connectivity index (χ2n) is 7.47. The van der Waals surface area contributed by atoms with E-state index < -0.39 is 0 Å². The molecule has 4 aromatic rings. The number of fused-ring (bicyclic) bond motifs is 3. The van der Waals surface area contributed by atoms with Gasteiger partial charge in [-0.1, -0.05) is 30.3 Å². The van der Waals surface area contributed by atoms with E-state index >= 15 is 0 Å². The molecule has 1 aliphatic heterocycles. The number of aromatic nitrogens is 1. The van der Waals surface area contributed by atoms with Gasteiger partial charge in [0.15, 0.2) is 0 Å². The summed E-state index contributed by atoms with van der Waals surface area (Å²) in [7, 11) is 0. The van der Waals surface area contributed by atoms with Crippen molar-refractivity contribution < 1.29 is 9.21 Å². The summed E-state index contributed by atoms with van der Waals surface area (Å²) in [5.74, 6) is 0.729. The van der Waals surface area contributed by atoms with Crippen LogP contribution >= 0.6 is 11.8 Å². The van der Waals surface area contributed by atoms with E-state index in [2.05, 4.69) is 64.8 Å². The van der Waals surface area contributed by atoms with Gasteiger partial charge < -0.3 is 19.2 Å². The topological polar surface area (TPSA) is 50.4 Å². The number of carbonyl (C=O) groups is 1. The molecule has 5 nitrogen and oxygen atoms in total. The summed E-state index contributed by atoms with van der Waals surface area (Å²) in [5.41, 5.74) is 4.36. The molecule has 2 aromatic heterocycles. The summed E-state index contributed by atoms with van der Waals surface area (Å²) in [6.07, 6.45) is 5.76. The lowest BCUT2D eigenvalue weighted by molar-refractivity contribution is 0.179. The minimum atomic E-state index is -0.213. The monoisotopic (exact) mass is 429 g/mol.